The van der Waals surface area contributed by atoms with Crippen LogP contribution in [0.4, 0.5) is 0 Å². The third-order valence-corrected chi connectivity index (χ3v) is 4.50. The first-order chi connectivity index (χ1) is 12.9. The summed E-state index contributed by atoms with van der Waals surface area (Å²) >= 11 is 0. The van der Waals surface area contributed by atoms with Crippen molar-refractivity contribution >= 4 is 16.9 Å². The zero-order chi connectivity index (χ0) is 19.6. The number of benzene rings is 1. The number of fused-ring (bicyclic) bond motifs is 1. The fraction of sp³-hybridized carbons (Fsp3) is 0.286. The van der Waals surface area contributed by atoms with Crippen LogP contribution in [-0.4, -0.2) is 17.0 Å². The van der Waals surface area contributed by atoms with Crippen LogP contribution in [0.3, 0.4) is 0 Å². The summed E-state index contributed by atoms with van der Waals surface area (Å²) in [5, 5.41) is 3.53. The number of amides is 1. The van der Waals surface area contributed by atoms with Gasteiger partial charge in [0, 0.05) is 11.8 Å². The van der Waals surface area contributed by atoms with Crippen LogP contribution in [-0.2, 0) is 11.3 Å². The van der Waals surface area contributed by atoms with Gasteiger partial charge in [0.25, 0.3) is 5.91 Å². The van der Waals surface area contributed by atoms with Crippen molar-refractivity contribution in [2.45, 2.75) is 40.3 Å². The second kappa shape index (κ2) is 7.61. The molecule has 0 saturated carbocycles. The van der Waals surface area contributed by atoms with Gasteiger partial charge < -0.3 is 14.5 Å². The molecular weight excluding hydrogens is 344 g/mol. The standard InChI is InChI=1S/C21H22N2O4/c1-12-9-17(19-13(2)14(3)21(25)27-18(19)10-12)26-15(4)20(24)23-11-16-7-5-6-8-22-16/h5-10,15H,11H2,1-4H3,(H,23,24)/t15-/m1/s1. The fourth-order valence-electron chi connectivity index (χ4n) is 2.85. The van der Waals surface area contributed by atoms with Crippen molar-refractivity contribution in [3.8, 4) is 5.75 Å². The van der Waals surface area contributed by atoms with Crippen molar-refractivity contribution < 1.29 is 13.9 Å². The Morgan fingerprint density at radius 2 is 2.00 bits per heavy atom. The minimum atomic E-state index is -0.717. The zero-order valence-electron chi connectivity index (χ0n) is 15.8. The van der Waals surface area contributed by atoms with E-state index in [-0.39, 0.29) is 11.5 Å². The average Bonchev–Trinajstić information content (AvgIpc) is 2.64. The van der Waals surface area contributed by atoms with Gasteiger partial charge in [-0.3, -0.25) is 9.78 Å². The number of carbonyl (C=O) groups is 1. The molecule has 1 aromatic carbocycles. The van der Waals surface area contributed by atoms with Crippen LogP contribution in [0.2, 0.25) is 0 Å². The summed E-state index contributed by atoms with van der Waals surface area (Å²) < 4.78 is 11.3. The number of aromatic nitrogens is 1. The SMILES string of the molecule is Cc1cc(O[C@H](C)C(=O)NCc2ccccn2)c2c(C)c(C)c(=O)oc2c1. The number of hydrogen-bond acceptors (Lipinski definition) is 5. The van der Waals surface area contributed by atoms with Gasteiger partial charge in [0.1, 0.15) is 11.3 Å². The van der Waals surface area contributed by atoms with Crippen LogP contribution in [0, 0.1) is 20.8 Å². The number of rotatable bonds is 5. The van der Waals surface area contributed by atoms with Gasteiger partial charge in [-0.25, -0.2) is 4.79 Å². The summed E-state index contributed by atoms with van der Waals surface area (Å²) in [5.41, 5.74) is 3.06. The van der Waals surface area contributed by atoms with E-state index in [0.29, 0.717) is 28.8 Å². The minimum absolute atomic E-state index is 0.248. The molecule has 0 aliphatic heterocycles. The highest BCUT2D eigenvalue weighted by molar-refractivity contribution is 5.89. The van der Waals surface area contributed by atoms with E-state index in [1.54, 1.807) is 26.1 Å². The smallest absolute Gasteiger partial charge is 0.339 e. The molecule has 0 saturated heterocycles. The lowest BCUT2D eigenvalue weighted by Crippen LogP contribution is -2.36. The summed E-state index contributed by atoms with van der Waals surface area (Å²) in [6, 6.07) is 9.17. The number of hydrogen-bond donors (Lipinski definition) is 1. The maximum Gasteiger partial charge on any atom is 0.339 e. The third-order valence-electron chi connectivity index (χ3n) is 4.50. The lowest BCUT2D eigenvalue weighted by atomic mass is 10.0. The van der Waals surface area contributed by atoms with E-state index in [9.17, 15) is 9.59 Å². The van der Waals surface area contributed by atoms with Gasteiger partial charge in [-0.2, -0.15) is 0 Å². The third kappa shape index (κ3) is 4.00. The van der Waals surface area contributed by atoms with E-state index in [1.165, 1.54) is 0 Å². The lowest BCUT2D eigenvalue weighted by molar-refractivity contribution is -0.127. The summed E-state index contributed by atoms with van der Waals surface area (Å²) in [5.74, 6) is 0.275. The Labute approximate surface area is 157 Å². The predicted molar refractivity (Wildman–Crippen MR) is 103 cm³/mol. The molecule has 6 nitrogen and oxygen atoms in total. The Morgan fingerprint density at radius 3 is 2.70 bits per heavy atom. The summed E-state index contributed by atoms with van der Waals surface area (Å²) in [6.07, 6.45) is 0.962. The first-order valence-corrected chi connectivity index (χ1v) is 8.75. The van der Waals surface area contributed by atoms with Crippen LogP contribution < -0.4 is 15.7 Å². The first-order valence-electron chi connectivity index (χ1n) is 8.75. The molecule has 0 bridgehead atoms. The molecule has 6 heteroatoms. The number of ether oxygens (including phenoxy) is 1. The van der Waals surface area contributed by atoms with Crippen molar-refractivity contribution in [2.75, 3.05) is 0 Å². The van der Waals surface area contributed by atoms with Crippen LogP contribution in [0.1, 0.15) is 29.3 Å². The highest BCUT2D eigenvalue weighted by Crippen LogP contribution is 2.31. The molecular formula is C21H22N2O4. The van der Waals surface area contributed by atoms with Crippen LogP contribution in [0.25, 0.3) is 11.0 Å². The molecule has 3 aromatic rings. The molecule has 1 amide bonds. The molecule has 2 aromatic heterocycles. The van der Waals surface area contributed by atoms with Gasteiger partial charge in [-0.15, -0.1) is 0 Å². The highest BCUT2D eigenvalue weighted by Gasteiger charge is 2.19. The second-order valence-electron chi connectivity index (χ2n) is 6.57. The Kier molecular flexibility index (Phi) is 5.26. The first kappa shape index (κ1) is 18.6. The predicted octanol–water partition coefficient (Wildman–Crippen LogP) is 3.20. The van der Waals surface area contributed by atoms with Gasteiger partial charge in [-0.05, 0) is 63.1 Å². The molecule has 0 spiro atoms. The van der Waals surface area contributed by atoms with Crippen LogP contribution in [0.5, 0.6) is 5.75 Å². The monoisotopic (exact) mass is 366 g/mol. The second-order valence-corrected chi connectivity index (χ2v) is 6.57. The lowest BCUT2D eigenvalue weighted by Gasteiger charge is -2.17. The summed E-state index contributed by atoms with van der Waals surface area (Å²) in [7, 11) is 0. The molecule has 3 rings (SSSR count). The summed E-state index contributed by atoms with van der Waals surface area (Å²) in [4.78, 5) is 28.5. The fourth-order valence-corrected chi connectivity index (χ4v) is 2.85. The quantitative estimate of drug-likeness (QED) is 0.701. The average molecular weight is 366 g/mol. The van der Waals surface area contributed by atoms with Gasteiger partial charge in [0.05, 0.1) is 17.6 Å². The molecule has 2 heterocycles. The van der Waals surface area contributed by atoms with Gasteiger partial charge in [-0.1, -0.05) is 6.07 Å². The number of nitrogens with zero attached hydrogens (tertiary/aromatic N) is 1. The Hall–Kier alpha value is -3.15. The molecule has 140 valence electrons. The Morgan fingerprint density at radius 1 is 1.22 bits per heavy atom. The van der Waals surface area contributed by atoms with Crippen molar-refractivity contribution in [3.63, 3.8) is 0 Å². The van der Waals surface area contributed by atoms with Crippen molar-refractivity contribution in [1.29, 1.82) is 0 Å². The number of carbonyl (C=O) groups excluding carboxylic acids is 1. The van der Waals surface area contributed by atoms with Gasteiger partial charge in [0.2, 0.25) is 0 Å². The molecule has 0 aliphatic rings. The van der Waals surface area contributed by atoms with Crippen molar-refractivity contribution in [1.82, 2.24) is 10.3 Å². The molecule has 1 atom stereocenters. The minimum Gasteiger partial charge on any atom is -0.480 e. The topological polar surface area (TPSA) is 81.4 Å². The van der Waals surface area contributed by atoms with E-state index < -0.39 is 6.10 Å². The van der Waals surface area contributed by atoms with Crippen LogP contribution in [0.15, 0.2) is 45.7 Å². The Bertz CT molecular complexity index is 1040. The van der Waals surface area contributed by atoms with E-state index in [0.717, 1.165) is 16.8 Å². The number of nitrogens with one attached hydrogen (secondary N) is 1. The Balaban J connectivity index is 1.84. The van der Waals surface area contributed by atoms with E-state index in [1.807, 2.05) is 38.1 Å². The molecule has 0 fully saturated rings. The number of pyridine rings is 1. The largest absolute Gasteiger partial charge is 0.480 e. The molecule has 27 heavy (non-hydrogen) atoms. The van der Waals surface area contributed by atoms with E-state index in [2.05, 4.69) is 10.3 Å². The normalized spacial score (nSPS) is 12.0. The highest BCUT2D eigenvalue weighted by atomic mass is 16.5. The maximum absolute atomic E-state index is 12.4. The van der Waals surface area contributed by atoms with Gasteiger partial charge >= 0.3 is 5.63 Å². The molecule has 0 aliphatic carbocycles. The molecule has 0 unspecified atom stereocenters. The molecule has 0 radical (unpaired) electrons. The zero-order valence-corrected chi connectivity index (χ0v) is 15.8. The van der Waals surface area contributed by atoms with E-state index in [4.69, 9.17) is 9.15 Å². The van der Waals surface area contributed by atoms with Crippen molar-refractivity contribution in [2.24, 2.45) is 0 Å². The van der Waals surface area contributed by atoms with Gasteiger partial charge in [0.15, 0.2) is 6.10 Å². The summed E-state index contributed by atoms with van der Waals surface area (Å²) in [6.45, 7) is 7.46. The van der Waals surface area contributed by atoms with Crippen molar-refractivity contribution in [3.05, 3.63) is 69.3 Å². The molecule has 1 N–H and O–H groups in total. The van der Waals surface area contributed by atoms with E-state index >= 15 is 0 Å². The van der Waals surface area contributed by atoms with Crippen LogP contribution >= 0.6 is 0 Å². The maximum atomic E-state index is 12.4. The number of aryl methyl sites for hydroxylation is 2.